The van der Waals surface area contributed by atoms with E-state index in [0.29, 0.717) is 12.4 Å². The Morgan fingerprint density at radius 2 is 2.04 bits per heavy atom. The number of hydrogen-bond donors (Lipinski definition) is 2. The fraction of sp³-hybridized carbons (Fsp3) is 0.312. The number of alkyl halides is 3. The molecule has 0 aliphatic carbocycles. The van der Waals surface area contributed by atoms with Crippen LogP contribution in [0.3, 0.4) is 0 Å². The van der Waals surface area contributed by atoms with Gasteiger partial charge in [0.25, 0.3) is 5.91 Å². The van der Waals surface area contributed by atoms with E-state index >= 15 is 0 Å². The van der Waals surface area contributed by atoms with E-state index in [-0.39, 0.29) is 13.1 Å². The molecule has 2 N–H and O–H groups in total. The number of aliphatic hydroxyl groups is 1. The van der Waals surface area contributed by atoms with Crippen LogP contribution in [0, 0.1) is 0 Å². The zero-order chi connectivity index (χ0) is 18.0. The van der Waals surface area contributed by atoms with Crippen LogP contribution in [-0.4, -0.2) is 38.2 Å². The zero-order valence-corrected chi connectivity index (χ0v) is 13.0. The lowest BCUT2D eigenvalue weighted by Crippen LogP contribution is -2.44. The number of carbonyl (C=O) groups is 1. The highest BCUT2D eigenvalue weighted by atomic mass is 19.4. The number of halogens is 3. The van der Waals surface area contributed by atoms with Gasteiger partial charge in [0.1, 0.15) is 5.82 Å². The lowest BCUT2D eigenvalue weighted by molar-refractivity contribution is -0.211. The number of fused-ring (bicyclic) bond motifs is 1. The van der Waals surface area contributed by atoms with Crippen molar-refractivity contribution < 1.29 is 23.1 Å². The summed E-state index contributed by atoms with van der Waals surface area (Å²) in [5, 5.41) is 12.2. The molecule has 3 rings (SSSR count). The van der Waals surface area contributed by atoms with Gasteiger partial charge in [0.05, 0.1) is 6.20 Å². The molecule has 132 valence electrons. The number of nitrogens with one attached hydrogen (secondary N) is 1. The minimum absolute atomic E-state index is 0.0420. The Morgan fingerprint density at radius 1 is 1.28 bits per heavy atom. The highest BCUT2D eigenvalue weighted by molar-refractivity contribution is 5.82. The molecule has 0 bridgehead atoms. The van der Waals surface area contributed by atoms with Crippen molar-refractivity contribution in [2.75, 3.05) is 5.32 Å². The van der Waals surface area contributed by atoms with Crippen LogP contribution < -0.4 is 5.32 Å². The smallest absolute Gasteiger partial charge is 0.376 e. The minimum atomic E-state index is -4.96. The van der Waals surface area contributed by atoms with Crippen molar-refractivity contribution in [2.45, 2.75) is 31.9 Å². The molecular formula is C16H15F3N4O2. The van der Waals surface area contributed by atoms with E-state index in [9.17, 15) is 18.0 Å². The molecule has 1 aromatic carbocycles. The first-order valence-electron chi connectivity index (χ1n) is 7.49. The summed E-state index contributed by atoms with van der Waals surface area (Å²) in [5.74, 6) is -0.726. The fourth-order valence-electron chi connectivity index (χ4n) is 2.61. The van der Waals surface area contributed by atoms with Gasteiger partial charge in [0.2, 0.25) is 6.10 Å². The molecule has 0 fully saturated rings. The summed E-state index contributed by atoms with van der Waals surface area (Å²) in [6.07, 6.45) is -3.26. The summed E-state index contributed by atoms with van der Waals surface area (Å²) < 4.78 is 37.5. The van der Waals surface area contributed by atoms with E-state index in [0.717, 1.165) is 21.6 Å². The van der Waals surface area contributed by atoms with E-state index < -0.39 is 18.2 Å². The fourth-order valence-corrected chi connectivity index (χ4v) is 2.61. The lowest BCUT2D eigenvalue weighted by atomic mass is 10.1. The first-order valence-corrected chi connectivity index (χ1v) is 7.49. The Hall–Kier alpha value is -2.68. The van der Waals surface area contributed by atoms with Crippen molar-refractivity contribution in [3.05, 3.63) is 53.5 Å². The SMILES string of the molecule is O=C([C@H](O)C(F)(F)F)N1Cc2ccc(CNc3cnccn3)cc2C1. The molecule has 1 amide bonds. The van der Waals surface area contributed by atoms with Gasteiger partial charge >= 0.3 is 6.18 Å². The number of rotatable bonds is 4. The third-order valence-electron chi connectivity index (χ3n) is 3.89. The number of amides is 1. The molecule has 0 saturated carbocycles. The molecule has 2 heterocycles. The second kappa shape index (κ2) is 6.67. The van der Waals surface area contributed by atoms with Gasteiger partial charge in [-0.1, -0.05) is 18.2 Å². The molecule has 1 atom stereocenters. The van der Waals surface area contributed by atoms with Crippen molar-refractivity contribution >= 4 is 11.7 Å². The van der Waals surface area contributed by atoms with Crippen molar-refractivity contribution in [1.29, 1.82) is 0 Å². The largest absolute Gasteiger partial charge is 0.423 e. The van der Waals surface area contributed by atoms with E-state index in [4.69, 9.17) is 5.11 Å². The Labute approximate surface area is 141 Å². The summed E-state index contributed by atoms with van der Waals surface area (Å²) >= 11 is 0. The summed E-state index contributed by atoms with van der Waals surface area (Å²) in [7, 11) is 0. The van der Waals surface area contributed by atoms with Gasteiger partial charge in [-0.2, -0.15) is 13.2 Å². The predicted octanol–water partition coefficient (Wildman–Crippen LogP) is 1.85. The number of nitrogens with zero attached hydrogens (tertiary/aromatic N) is 3. The number of anilines is 1. The average molecular weight is 352 g/mol. The third-order valence-corrected chi connectivity index (χ3v) is 3.89. The predicted molar refractivity (Wildman–Crippen MR) is 82.1 cm³/mol. The van der Waals surface area contributed by atoms with Gasteiger partial charge < -0.3 is 15.3 Å². The quantitative estimate of drug-likeness (QED) is 0.878. The molecular weight excluding hydrogens is 337 g/mol. The Balaban J connectivity index is 1.65. The average Bonchev–Trinajstić information content (AvgIpc) is 3.02. The molecule has 25 heavy (non-hydrogen) atoms. The van der Waals surface area contributed by atoms with Crippen LogP contribution in [0.25, 0.3) is 0 Å². The molecule has 1 aromatic heterocycles. The van der Waals surface area contributed by atoms with Crippen LogP contribution in [-0.2, 0) is 24.4 Å². The second-order valence-electron chi connectivity index (χ2n) is 5.69. The van der Waals surface area contributed by atoms with Crippen LogP contribution in [0.4, 0.5) is 19.0 Å². The number of aromatic nitrogens is 2. The highest BCUT2D eigenvalue weighted by Crippen LogP contribution is 2.28. The first kappa shape index (κ1) is 17.2. The monoisotopic (exact) mass is 352 g/mol. The summed E-state index contributed by atoms with van der Waals surface area (Å²) in [6.45, 7) is 0.560. The standard InChI is InChI=1S/C16H15F3N4O2/c17-16(18,19)14(24)15(25)23-8-11-2-1-10(5-12(11)9-23)6-22-13-7-20-3-4-21-13/h1-5,7,14,24H,6,8-9H2,(H,21,22)/t14-/m0/s1. The minimum Gasteiger partial charge on any atom is -0.376 e. The number of hydrogen-bond acceptors (Lipinski definition) is 5. The van der Waals surface area contributed by atoms with Crippen LogP contribution in [0.15, 0.2) is 36.8 Å². The maximum absolute atomic E-state index is 12.5. The van der Waals surface area contributed by atoms with Crippen LogP contribution in [0.1, 0.15) is 16.7 Å². The van der Waals surface area contributed by atoms with Gasteiger partial charge in [-0.05, 0) is 16.7 Å². The molecule has 9 heteroatoms. The summed E-state index contributed by atoms with van der Waals surface area (Å²) in [5.41, 5.74) is 2.43. The second-order valence-corrected chi connectivity index (χ2v) is 5.69. The molecule has 1 aliphatic heterocycles. The third kappa shape index (κ3) is 3.87. The van der Waals surface area contributed by atoms with Crippen molar-refractivity contribution in [3.8, 4) is 0 Å². The summed E-state index contributed by atoms with van der Waals surface area (Å²) in [6, 6.07) is 5.43. The van der Waals surface area contributed by atoms with Crippen LogP contribution in [0.5, 0.6) is 0 Å². The summed E-state index contributed by atoms with van der Waals surface area (Å²) in [4.78, 5) is 20.8. The van der Waals surface area contributed by atoms with Gasteiger partial charge in [-0.3, -0.25) is 9.78 Å². The van der Waals surface area contributed by atoms with E-state index in [1.807, 2.05) is 12.1 Å². The normalized spacial score (nSPS) is 15.0. The van der Waals surface area contributed by atoms with E-state index in [2.05, 4.69) is 15.3 Å². The van der Waals surface area contributed by atoms with Crippen molar-refractivity contribution in [2.24, 2.45) is 0 Å². The maximum Gasteiger partial charge on any atom is 0.423 e. The van der Waals surface area contributed by atoms with Crippen molar-refractivity contribution in [1.82, 2.24) is 14.9 Å². The molecule has 2 aromatic rings. The number of benzene rings is 1. The first-order chi connectivity index (χ1) is 11.8. The van der Waals surface area contributed by atoms with Crippen LogP contribution in [0.2, 0.25) is 0 Å². The zero-order valence-electron chi connectivity index (χ0n) is 13.0. The van der Waals surface area contributed by atoms with Gasteiger partial charge in [-0.25, -0.2) is 4.98 Å². The van der Waals surface area contributed by atoms with Gasteiger partial charge in [0, 0.05) is 32.0 Å². The Kier molecular flexibility index (Phi) is 4.58. The van der Waals surface area contributed by atoms with E-state index in [1.54, 1.807) is 24.7 Å². The lowest BCUT2D eigenvalue weighted by Gasteiger charge is -2.21. The molecule has 0 saturated heterocycles. The van der Waals surface area contributed by atoms with Gasteiger partial charge in [-0.15, -0.1) is 0 Å². The van der Waals surface area contributed by atoms with Gasteiger partial charge in [0.15, 0.2) is 0 Å². The Bertz CT molecular complexity index is 768. The molecule has 6 nitrogen and oxygen atoms in total. The van der Waals surface area contributed by atoms with Crippen LogP contribution >= 0.6 is 0 Å². The van der Waals surface area contributed by atoms with Crippen molar-refractivity contribution in [3.63, 3.8) is 0 Å². The molecule has 0 unspecified atom stereocenters. The molecule has 1 aliphatic rings. The maximum atomic E-state index is 12.5. The topological polar surface area (TPSA) is 78.4 Å². The highest BCUT2D eigenvalue weighted by Gasteiger charge is 2.46. The number of aliphatic hydroxyl groups excluding tert-OH is 1. The van der Waals surface area contributed by atoms with E-state index in [1.165, 1.54) is 0 Å². The number of carbonyl (C=O) groups excluding carboxylic acids is 1. The molecule has 0 spiro atoms. The molecule has 0 radical (unpaired) electrons. The Morgan fingerprint density at radius 3 is 2.72 bits per heavy atom.